The van der Waals surface area contributed by atoms with Gasteiger partial charge in [0, 0.05) is 11.1 Å². The SMILES string of the molecule is Cc1ccc(NS(=O)(=O)c2cc(C(=O)O)oc2Br)cc1Cl. The van der Waals surface area contributed by atoms with Crippen molar-refractivity contribution in [3.8, 4) is 0 Å². The van der Waals surface area contributed by atoms with Gasteiger partial charge in [-0.3, -0.25) is 4.72 Å². The van der Waals surface area contributed by atoms with Crippen LogP contribution in [0.25, 0.3) is 0 Å². The summed E-state index contributed by atoms with van der Waals surface area (Å²) in [6.07, 6.45) is 0. The average Bonchev–Trinajstić information content (AvgIpc) is 2.77. The number of carboxylic acid groups (broad SMARTS) is 1. The Morgan fingerprint density at radius 1 is 1.38 bits per heavy atom. The lowest BCUT2D eigenvalue weighted by Crippen LogP contribution is -2.12. The van der Waals surface area contributed by atoms with Crippen LogP contribution in [0.1, 0.15) is 16.1 Å². The minimum absolute atomic E-state index is 0.189. The first-order chi connectivity index (χ1) is 9.70. The molecule has 112 valence electrons. The molecule has 0 radical (unpaired) electrons. The predicted molar refractivity (Wildman–Crippen MR) is 80.4 cm³/mol. The summed E-state index contributed by atoms with van der Waals surface area (Å²) in [6, 6.07) is 5.59. The van der Waals surface area contributed by atoms with E-state index >= 15 is 0 Å². The standard InChI is InChI=1S/C12H9BrClNO5S/c1-6-2-3-7(4-8(6)14)15-21(18,19)10-5-9(12(16)17)20-11(10)13/h2-5,15H,1H3,(H,16,17). The van der Waals surface area contributed by atoms with Gasteiger partial charge in [-0.05, 0) is 40.5 Å². The molecule has 2 N–H and O–H groups in total. The topological polar surface area (TPSA) is 96.6 Å². The third-order valence-corrected chi connectivity index (χ3v) is 5.23. The Kier molecular flexibility index (Phi) is 4.31. The zero-order valence-corrected chi connectivity index (χ0v) is 13.7. The molecule has 9 heteroatoms. The van der Waals surface area contributed by atoms with Gasteiger partial charge in [0.05, 0.1) is 5.69 Å². The van der Waals surface area contributed by atoms with Gasteiger partial charge in [-0.2, -0.15) is 0 Å². The molecule has 6 nitrogen and oxygen atoms in total. The molecule has 0 saturated carbocycles. The number of aryl methyl sites for hydroxylation is 1. The Labute approximate surface area is 133 Å². The largest absolute Gasteiger partial charge is 0.475 e. The normalized spacial score (nSPS) is 11.4. The highest BCUT2D eigenvalue weighted by atomic mass is 79.9. The van der Waals surface area contributed by atoms with Crippen molar-refractivity contribution in [1.82, 2.24) is 0 Å². The number of hydrogen-bond donors (Lipinski definition) is 2. The number of benzene rings is 1. The van der Waals surface area contributed by atoms with Crippen molar-refractivity contribution in [2.24, 2.45) is 0 Å². The molecule has 0 amide bonds. The third-order valence-electron chi connectivity index (χ3n) is 2.58. The number of aromatic carboxylic acids is 1. The molecule has 2 rings (SSSR count). The second-order valence-corrected chi connectivity index (χ2v) is 6.90. The maximum Gasteiger partial charge on any atom is 0.371 e. The van der Waals surface area contributed by atoms with E-state index in [0.29, 0.717) is 5.02 Å². The summed E-state index contributed by atoms with van der Waals surface area (Å²) in [5.74, 6) is -1.85. The molecular formula is C12H9BrClNO5S. The number of anilines is 1. The minimum atomic E-state index is -4.00. The van der Waals surface area contributed by atoms with E-state index in [9.17, 15) is 13.2 Å². The van der Waals surface area contributed by atoms with Gasteiger partial charge in [0.1, 0.15) is 4.90 Å². The Hall–Kier alpha value is -1.51. The van der Waals surface area contributed by atoms with Gasteiger partial charge in [0.15, 0.2) is 4.67 Å². The fourth-order valence-corrected chi connectivity index (χ4v) is 3.68. The average molecular weight is 395 g/mol. The van der Waals surface area contributed by atoms with Crippen LogP contribution in [0.2, 0.25) is 5.02 Å². The van der Waals surface area contributed by atoms with Gasteiger partial charge in [-0.15, -0.1) is 0 Å². The van der Waals surface area contributed by atoms with Crippen LogP contribution in [0.15, 0.2) is 38.2 Å². The number of carbonyl (C=O) groups is 1. The van der Waals surface area contributed by atoms with Crippen LogP contribution >= 0.6 is 27.5 Å². The van der Waals surface area contributed by atoms with Gasteiger partial charge in [0.2, 0.25) is 5.76 Å². The molecule has 0 bridgehead atoms. The highest BCUT2D eigenvalue weighted by Crippen LogP contribution is 2.29. The second kappa shape index (κ2) is 5.70. The number of furan rings is 1. The van der Waals surface area contributed by atoms with Crippen LogP contribution in [-0.2, 0) is 10.0 Å². The van der Waals surface area contributed by atoms with Gasteiger partial charge in [-0.25, -0.2) is 13.2 Å². The number of hydrogen-bond acceptors (Lipinski definition) is 4. The van der Waals surface area contributed by atoms with E-state index in [-0.39, 0.29) is 15.3 Å². The first-order valence-corrected chi connectivity index (χ1v) is 8.18. The number of carboxylic acids is 1. The number of rotatable bonds is 4. The van der Waals surface area contributed by atoms with Crippen molar-refractivity contribution < 1.29 is 22.7 Å². The van der Waals surface area contributed by atoms with Crippen LogP contribution in [0, 0.1) is 6.92 Å². The lowest BCUT2D eigenvalue weighted by Gasteiger charge is -2.07. The molecule has 0 atom stereocenters. The fourth-order valence-electron chi connectivity index (χ4n) is 1.51. The lowest BCUT2D eigenvalue weighted by molar-refractivity contribution is 0.0661. The van der Waals surface area contributed by atoms with E-state index < -0.39 is 21.8 Å². The third kappa shape index (κ3) is 3.39. The molecule has 0 fully saturated rings. The Balaban J connectivity index is 2.38. The summed E-state index contributed by atoms with van der Waals surface area (Å²) in [7, 11) is -4.00. The molecule has 0 unspecified atom stereocenters. The van der Waals surface area contributed by atoms with Gasteiger partial charge in [-0.1, -0.05) is 17.7 Å². The van der Waals surface area contributed by atoms with Gasteiger partial charge in [0.25, 0.3) is 10.0 Å². The van der Waals surface area contributed by atoms with E-state index in [1.807, 2.05) is 0 Å². The maximum atomic E-state index is 12.2. The quantitative estimate of drug-likeness (QED) is 0.827. The van der Waals surface area contributed by atoms with Crippen LogP contribution in [0.4, 0.5) is 5.69 Å². The zero-order valence-electron chi connectivity index (χ0n) is 10.6. The minimum Gasteiger partial charge on any atom is -0.475 e. The molecule has 0 aliphatic rings. The molecule has 2 aromatic rings. The van der Waals surface area contributed by atoms with E-state index in [4.69, 9.17) is 21.1 Å². The molecule has 1 heterocycles. The maximum absolute atomic E-state index is 12.2. The van der Waals surface area contributed by atoms with Crippen molar-refractivity contribution in [3.63, 3.8) is 0 Å². The highest BCUT2D eigenvalue weighted by molar-refractivity contribution is 9.10. The second-order valence-electron chi connectivity index (χ2n) is 4.12. The van der Waals surface area contributed by atoms with Crippen molar-refractivity contribution in [2.45, 2.75) is 11.8 Å². The molecule has 0 spiro atoms. The zero-order chi connectivity index (χ0) is 15.8. The summed E-state index contributed by atoms with van der Waals surface area (Å²) >= 11 is 8.81. The summed E-state index contributed by atoms with van der Waals surface area (Å²) in [4.78, 5) is 10.5. The molecule has 1 aromatic carbocycles. The Morgan fingerprint density at radius 3 is 2.57 bits per heavy atom. The number of sulfonamides is 1. The summed E-state index contributed by atoms with van der Waals surface area (Å²) in [5, 5.41) is 9.21. The summed E-state index contributed by atoms with van der Waals surface area (Å²) in [6.45, 7) is 1.78. The first-order valence-electron chi connectivity index (χ1n) is 5.52. The van der Waals surface area contributed by atoms with Crippen LogP contribution in [0.5, 0.6) is 0 Å². The molecule has 0 aliphatic carbocycles. The number of halogens is 2. The van der Waals surface area contributed by atoms with Crippen LogP contribution in [-0.4, -0.2) is 19.5 Å². The van der Waals surface area contributed by atoms with E-state index in [0.717, 1.165) is 11.6 Å². The van der Waals surface area contributed by atoms with Crippen molar-refractivity contribution in [3.05, 3.63) is 45.3 Å². The van der Waals surface area contributed by atoms with Crippen LogP contribution < -0.4 is 4.72 Å². The van der Waals surface area contributed by atoms with E-state index in [1.54, 1.807) is 19.1 Å². The van der Waals surface area contributed by atoms with Gasteiger partial charge < -0.3 is 9.52 Å². The predicted octanol–water partition coefficient (Wildman–Crippen LogP) is 3.50. The van der Waals surface area contributed by atoms with E-state index in [1.165, 1.54) is 6.07 Å². The smallest absolute Gasteiger partial charge is 0.371 e. The van der Waals surface area contributed by atoms with Crippen molar-refractivity contribution in [1.29, 1.82) is 0 Å². The summed E-state index contributed by atoms with van der Waals surface area (Å²) in [5.41, 5.74) is 1.06. The molecule has 0 saturated heterocycles. The Bertz CT molecular complexity index is 815. The molecular weight excluding hydrogens is 386 g/mol. The molecule has 0 aliphatic heterocycles. The van der Waals surface area contributed by atoms with Gasteiger partial charge >= 0.3 is 5.97 Å². The monoisotopic (exact) mass is 393 g/mol. The first kappa shape index (κ1) is 15.9. The summed E-state index contributed by atoms with van der Waals surface area (Å²) < 4.78 is 31.4. The lowest BCUT2D eigenvalue weighted by atomic mass is 10.2. The van der Waals surface area contributed by atoms with Crippen molar-refractivity contribution >= 4 is 49.2 Å². The fraction of sp³-hybridized carbons (Fsp3) is 0.0833. The van der Waals surface area contributed by atoms with Crippen molar-refractivity contribution in [2.75, 3.05) is 4.72 Å². The van der Waals surface area contributed by atoms with E-state index in [2.05, 4.69) is 20.7 Å². The van der Waals surface area contributed by atoms with Crippen LogP contribution in [0.3, 0.4) is 0 Å². The molecule has 21 heavy (non-hydrogen) atoms. The molecule has 1 aromatic heterocycles. The number of nitrogens with one attached hydrogen (secondary N) is 1. The Morgan fingerprint density at radius 2 is 2.05 bits per heavy atom. The highest BCUT2D eigenvalue weighted by Gasteiger charge is 2.25.